The van der Waals surface area contributed by atoms with Crippen molar-refractivity contribution in [3.05, 3.63) is 72.2 Å². The summed E-state index contributed by atoms with van der Waals surface area (Å²) in [5.41, 5.74) is 0.326. The number of benzene rings is 1. The number of rotatable bonds is 4. The van der Waals surface area contributed by atoms with E-state index in [1.165, 1.54) is 18.3 Å². The molecule has 0 aliphatic heterocycles. The van der Waals surface area contributed by atoms with Gasteiger partial charge in [-0.1, -0.05) is 0 Å². The number of pyridine rings is 1. The molecule has 1 aromatic carbocycles. The van der Waals surface area contributed by atoms with Gasteiger partial charge >= 0.3 is 5.97 Å². The van der Waals surface area contributed by atoms with E-state index in [9.17, 15) is 14.0 Å². The number of carbonyl (C=O) groups is 2. The molecule has 1 amide bonds. The average molecular weight is 340 g/mol. The maximum atomic E-state index is 13.6. The van der Waals surface area contributed by atoms with Gasteiger partial charge in [-0.3, -0.25) is 9.36 Å². The van der Waals surface area contributed by atoms with Crippen molar-refractivity contribution >= 4 is 17.6 Å². The summed E-state index contributed by atoms with van der Waals surface area (Å²) in [5.74, 6) is -1.37. The Bertz CT molecular complexity index is 908. The van der Waals surface area contributed by atoms with Crippen molar-refractivity contribution in [2.45, 2.75) is 0 Å². The van der Waals surface area contributed by atoms with E-state index in [-0.39, 0.29) is 11.3 Å². The molecule has 8 heteroatoms. The molecule has 3 rings (SSSR count). The Morgan fingerprint density at radius 3 is 2.72 bits per heavy atom. The van der Waals surface area contributed by atoms with E-state index in [4.69, 9.17) is 0 Å². The Hall–Kier alpha value is -3.55. The molecular formula is C17H13FN4O3. The van der Waals surface area contributed by atoms with Crippen LogP contribution in [0.1, 0.15) is 20.7 Å². The summed E-state index contributed by atoms with van der Waals surface area (Å²) in [5, 5.41) is 2.59. The highest BCUT2D eigenvalue weighted by molar-refractivity contribution is 6.04. The van der Waals surface area contributed by atoms with Crippen LogP contribution in [0.5, 0.6) is 0 Å². The Labute approximate surface area is 142 Å². The minimum Gasteiger partial charge on any atom is -0.465 e. The van der Waals surface area contributed by atoms with Gasteiger partial charge in [0.15, 0.2) is 0 Å². The SMILES string of the molecule is COC(=O)c1cc(NC(=O)c2ccc(-n3ccnc3)nc2)ccc1F. The predicted octanol–water partition coefficient (Wildman–Crippen LogP) is 2.45. The third-order valence-electron chi connectivity index (χ3n) is 3.41. The lowest BCUT2D eigenvalue weighted by Gasteiger charge is -2.08. The molecule has 0 aliphatic carbocycles. The number of hydrogen-bond donors (Lipinski definition) is 1. The van der Waals surface area contributed by atoms with E-state index in [2.05, 4.69) is 20.0 Å². The van der Waals surface area contributed by atoms with Crippen LogP contribution in [0.4, 0.5) is 10.1 Å². The highest BCUT2D eigenvalue weighted by atomic mass is 19.1. The van der Waals surface area contributed by atoms with Crippen molar-refractivity contribution in [2.75, 3.05) is 12.4 Å². The van der Waals surface area contributed by atoms with Gasteiger partial charge in [0, 0.05) is 24.3 Å². The van der Waals surface area contributed by atoms with Crippen LogP contribution >= 0.6 is 0 Å². The number of nitrogens with one attached hydrogen (secondary N) is 1. The number of amides is 1. The fourth-order valence-electron chi connectivity index (χ4n) is 2.14. The summed E-state index contributed by atoms with van der Waals surface area (Å²) in [7, 11) is 1.15. The van der Waals surface area contributed by atoms with Gasteiger partial charge in [-0.25, -0.2) is 19.2 Å². The second kappa shape index (κ2) is 6.91. The maximum Gasteiger partial charge on any atom is 0.340 e. The van der Waals surface area contributed by atoms with Crippen LogP contribution in [0.3, 0.4) is 0 Å². The molecule has 2 aromatic heterocycles. The van der Waals surface area contributed by atoms with Gasteiger partial charge < -0.3 is 10.1 Å². The van der Waals surface area contributed by atoms with E-state index in [1.807, 2.05) is 0 Å². The molecule has 0 spiro atoms. The van der Waals surface area contributed by atoms with Gasteiger partial charge in [0.25, 0.3) is 5.91 Å². The minimum atomic E-state index is -0.819. The second-order valence-electron chi connectivity index (χ2n) is 5.02. The van der Waals surface area contributed by atoms with E-state index in [0.717, 1.165) is 13.2 Å². The van der Waals surface area contributed by atoms with Crippen molar-refractivity contribution in [2.24, 2.45) is 0 Å². The summed E-state index contributed by atoms with van der Waals surface area (Å²) in [4.78, 5) is 31.9. The number of methoxy groups -OCH3 is 1. The van der Waals surface area contributed by atoms with Crippen LogP contribution in [0, 0.1) is 5.82 Å². The van der Waals surface area contributed by atoms with Gasteiger partial charge in [-0.05, 0) is 30.3 Å². The van der Waals surface area contributed by atoms with Crippen molar-refractivity contribution in [3.8, 4) is 5.82 Å². The first kappa shape index (κ1) is 16.3. The van der Waals surface area contributed by atoms with Crippen molar-refractivity contribution in [3.63, 3.8) is 0 Å². The van der Waals surface area contributed by atoms with Crippen LogP contribution in [0.25, 0.3) is 5.82 Å². The lowest BCUT2D eigenvalue weighted by molar-refractivity contribution is 0.0595. The molecule has 0 radical (unpaired) electrons. The molecule has 126 valence electrons. The molecule has 0 saturated carbocycles. The fourth-order valence-corrected chi connectivity index (χ4v) is 2.14. The summed E-state index contributed by atoms with van der Waals surface area (Å²) < 4.78 is 19.8. The van der Waals surface area contributed by atoms with Crippen LogP contribution in [0.15, 0.2) is 55.2 Å². The smallest absolute Gasteiger partial charge is 0.340 e. The van der Waals surface area contributed by atoms with Crippen LogP contribution in [-0.2, 0) is 4.74 Å². The first-order chi connectivity index (χ1) is 12.1. The lowest BCUT2D eigenvalue weighted by Crippen LogP contribution is -2.14. The number of aromatic nitrogens is 3. The maximum absolute atomic E-state index is 13.6. The van der Waals surface area contributed by atoms with Gasteiger partial charge in [-0.15, -0.1) is 0 Å². The Balaban J connectivity index is 1.77. The normalized spacial score (nSPS) is 10.3. The highest BCUT2D eigenvalue weighted by Gasteiger charge is 2.14. The van der Waals surface area contributed by atoms with Crippen molar-refractivity contribution in [1.82, 2.24) is 14.5 Å². The Morgan fingerprint density at radius 2 is 2.08 bits per heavy atom. The monoisotopic (exact) mass is 340 g/mol. The molecule has 1 N–H and O–H groups in total. The molecule has 2 heterocycles. The summed E-state index contributed by atoms with van der Waals surface area (Å²) in [6, 6.07) is 6.92. The number of anilines is 1. The quantitative estimate of drug-likeness (QED) is 0.737. The number of esters is 1. The zero-order valence-corrected chi connectivity index (χ0v) is 13.1. The summed E-state index contributed by atoms with van der Waals surface area (Å²) in [6.07, 6.45) is 6.36. The minimum absolute atomic E-state index is 0.256. The third kappa shape index (κ3) is 3.52. The summed E-state index contributed by atoms with van der Waals surface area (Å²) in [6.45, 7) is 0. The number of ether oxygens (including phenoxy) is 1. The van der Waals surface area contributed by atoms with Gasteiger partial charge in [-0.2, -0.15) is 0 Å². The molecule has 0 fully saturated rings. The van der Waals surface area contributed by atoms with E-state index >= 15 is 0 Å². The number of halogens is 1. The summed E-state index contributed by atoms with van der Waals surface area (Å²) >= 11 is 0. The molecule has 7 nitrogen and oxygen atoms in total. The average Bonchev–Trinajstić information content (AvgIpc) is 3.17. The topological polar surface area (TPSA) is 86.1 Å². The number of hydrogen-bond acceptors (Lipinski definition) is 5. The fraction of sp³-hybridized carbons (Fsp3) is 0.0588. The van der Waals surface area contributed by atoms with Crippen LogP contribution in [0.2, 0.25) is 0 Å². The largest absolute Gasteiger partial charge is 0.465 e. The number of nitrogens with zero attached hydrogens (tertiary/aromatic N) is 3. The number of imidazole rings is 1. The molecule has 3 aromatic rings. The molecule has 0 aliphatic rings. The Kier molecular flexibility index (Phi) is 4.51. The standard InChI is InChI=1S/C17H13FN4O3/c1-25-17(24)13-8-12(3-4-14(13)18)21-16(23)11-2-5-15(20-9-11)22-7-6-19-10-22/h2-10H,1H3,(H,21,23). The molecular weight excluding hydrogens is 327 g/mol. The molecule has 0 atom stereocenters. The first-order valence-corrected chi connectivity index (χ1v) is 7.22. The zero-order chi connectivity index (χ0) is 17.8. The van der Waals surface area contributed by atoms with Gasteiger partial charge in [0.2, 0.25) is 0 Å². The molecule has 0 bridgehead atoms. The highest BCUT2D eigenvalue weighted by Crippen LogP contribution is 2.17. The lowest BCUT2D eigenvalue weighted by atomic mass is 10.1. The second-order valence-corrected chi connectivity index (χ2v) is 5.02. The van der Waals surface area contributed by atoms with E-state index in [1.54, 1.807) is 35.4 Å². The van der Waals surface area contributed by atoms with E-state index in [0.29, 0.717) is 11.4 Å². The molecule has 0 saturated heterocycles. The molecule has 0 unspecified atom stereocenters. The predicted molar refractivity (Wildman–Crippen MR) is 87.1 cm³/mol. The molecule has 25 heavy (non-hydrogen) atoms. The van der Waals surface area contributed by atoms with E-state index < -0.39 is 17.7 Å². The number of carbonyl (C=O) groups excluding carboxylic acids is 2. The van der Waals surface area contributed by atoms with Crippen molar-refractivity contribution < 1.29 is 18.7 Å². The first-order valence-electron chi connectivity index (χ1n) is 7.22. The third-order valence-corrected chi connectivity index (χ3v) is 3.41. The van der Waals surface area contributed by atoms with Crippen LogP contribution in [-0.4, -0.2) is 33.5 Å². The Morgan fingerprint density at radius 1 is 1.24 bits per heavy atom. The van der Waals surface area contributed by atoms with Crippen LogP contribution < -0.4 is 5.32 Å². The van der Waals surface area contributed by atoms with Gasteiger partial charge in [0.05, 0.1) is 18.2 Å². The zero-order valence-electron chi connectivity index (χ0n) is 13.1. The van der Waals surface area contributed by atoms with Crippen molar-refractivity contribution in [1.29, 1.82) is 0 Å². The van der Waals surface area contributed by atoms with Gasteiger partial charge in [0.1, 0.15) is 18.0 Å².